The smallest absolute Gasteiger partial charge is 0.294 e. The molecule has 0 aliphatic heterocycles. The van der Waals surface area contributed by atoms with Gasteiger partial charge >= 0.3 is 6.18 Å². The maximum Gasteiger partial charge on any atom is 0.416 e. The first-order valence-corrected chi connectivity index (χ1v) is 8.38. The molecular weight excluding hydrogens is 337 g/mol. The average molecular weight is 356 g/mol. The molecule has 0 unspecified atom stereocenters. The van der Waals surface area contributed by atoms with Gasteiger partial charge in [-0.05, 0) is 60.7 Å². The lowest BCUT2D eigenvalue weighted by atomic mass is 9.69. The minimum Gasteiger partial charge on any atom is -0.294 e. The zero-order valence-corrected chi connectivity index (χ0v) is 14.6. The van der Waals surface area contributed by atoms with Crippen molar-refractivity contribution in [3.05, 3.63) is 82.4 Å². The molecule has 0 spiro atoms. The molecule has 0 heterocycles. The van der Waals surface area contributed by atoms with Crippen molar-refractivity contribution >= 4 is 17.9 Å². The van der Waals surface area contributed by atoms with Crippen LogP contribution in [0.5, 0.6) is 0 Å². The first-order valence-electron chi connectivity index (χ1n) is 8.38. The molecule has 0 radical (unpaired) electrons. The van der Waals surface area contributed by atoms with Gasteiger partial charge in [0.25, 0.3) is 0 Å². The van der Waals surface area contributed by atoms with E-state index in [-0.39, 0.29) is 5.78 Å². The van der Waals surface area contributed by atoms with Gasteiger partial charge in [-0.1, -0.05) is 48.6 Å². The Morgan fingerprint density at radius 2 is 1.81 bits per heavy atom. The summed E-state index contributed by atoms with van der Waals surface area (Å²) >= 11 is 0. The predicted octanol–water partition coefficient (Wildman–Crippen LogP) is 6.05. The van der Waals surface area contributed by atoms with Crippen molar-refractivity contribution in [2.24, 2.45) is 0 Å². The Morgan fingerprint density at radius 1 is 1.08 bits per heavy atom. The largest absolute Gasteiger partial charge is 0.416 e. The van der Waals surface area contributed by atoms with Crippen molar-refractivity contribution in [3.63, 3.8) is 0 Å². The predicted molar refractivity (Wildman–Crippen MR) is 97.5 cm³/mol. The molecule has 26 heavy (non-hydrogen) atoms. The second kappa shape index (κ2) is 6.60. The maximum atomic E-state index is 12.8. The highest BCUT2D eigenvalue weighted by Gasteiger charge is 2.38. The maximum absolute atomic E-state index is 12.8. The first kappa shape index (κ1) is 18.2. The number of alkyl halides is 3. The average Bonchev–Trinajstić information content (AvgIpc) is 2.60. The summed E-state index contributed by atoms with van der Waals surface area (Å²) in [5.74, 6) is 0.0462. The summed E-state index contributed by atoms with van der Waals surface area (Å²) < 4.78 is 38.5. The summed E-state index contributed by atoms with van der Waals surface area (Å²) in [5.41, 5.74) is 1.73. The molecule has 0 aromatic heterocycles. The van der Waals surface area contributed by atoms with Gasteiger partial charge in [0.1, 0.15) is 0 Å². The van der Waals surface area contributed by atoms with E-state index in [9.17, 15) is 18.0 Å². The van der Waals surface area contributed by atoms with Gasteiger partial charge in [-0.25, -0.2) is 0 Å². The van der Waals surface area contributed by atoms with Crippen LogP contribution in [0.25, 0.3) is 12.2 Å². The van der Waals surface area contributed by atoms with Crippen LogP contribution < -0.4 is 0 Å². The molecule has 1 aliphatic carbocycles. The number of hydrogen-bond acceptors (Lipinski definition) is 1. The van der Waals surface area contributed by atoms with Gasteiger partial charge in [0, 0.05) is 0 Å². The van der Waals surface area contributed by atoms with Crippen molar-refractivity contribution in [2.75, 3.05) is 0 Å². The van der Waals surface area contributed by atoms with E-state index in [1.54, 1.807) is 25.1 Å². The molecule has 0 bridgehead atoms. The molecule has 2 aromatic rings. The number of benzene rings is 2. The van der Waals surface area contributed by atoms with Gasteiger partial charge in [0.05, 0.1) is 11.0 Å². The molecule has 4 heteroatoms. The Morgan fingerprint density at radius 3 is 2.54 bits per heavy atom. The molecule has 2 aromatic carbocycles. The number of hydrogen-bond donors (Lipinski definition) is 0. The molecule has 0 amide bonds. The SMILES string of the molecule is CC1=Cc2ccccc2[C@](C)(C/C=C/c2cccc(C(F)(F)F)c2)C1=O. The Bertz CT molecular complexity index is 906. The van der Waals surface area contributed by atoms with E-state index in [4.69, 9.17) is 0 Å². The molecule has 3 rings (SSSR count). The third kappa shape index (κ3) is 3.36. The summed E-state index contributed by atoms with van der Waals surface area (Å²) in [6.45, 7) is 3.69. The Balaban J connectivity index is 1.88. The van der Waals surface area contributed by atoms with Crippen LogP contribution in [0.3, 0.4) is 0 Å². The number of rotatable bonds is 3. The molecule has 1 nitrogen and oxygen atoms in total. The highest BCUT2D eigenvalue weighted by atomic mass is 19.4. The van der Waals surface area contributed by atoms with Crippen LogP contribution >= 0.6 is 0 Å². The second-order valence-electron chi connectivity index (χ2n) is 6.81. The fourth-order valence-electron chi connectivity index (χ4n) is 3.43. The van der Waals surface area contributed by atoms with Gasteiger partial charge < -0.3 is 0 Å². The van der Waals surface area contributed by atoms with E-state index in [1.165, 1.54) is 6.07 Å². The Hall–Kier alpha value is -2.62. The summed E-state index contributed by atoms with van der Waals surface area (Å²) in [5, 5.41) is 0. The molecule has 134 valence electrons. The first-order chi connectivity index (χ1) is 12.2. The van der Waals surface area contributed by atoms with Crippen molar-refractivity contribution in [2.45, 2.75) is 31.9 Å². The van der Waals surface area contributed by atoms with Crippen molar-refractivity contribution in [1.82, 2.24) is 0 Å². The molecule has 1 atom stereocenters. The van der Waals surface area contributed by atoms with Crippen LogP contribution in [0, 0.1) is 0 Å². The Kier molecular flexibility index (Phi) is 4.61. The zero-order chi connectivity index (χ0) is 18.9. The molecule has 0 fully saturated rings. The van der Waals surface area contributed by atoms with Crippen molar-refractivity contribution < 1.29 is 18.0 Å². The standard InChI is InChI=1S/C22H19F3O/c1-15-13-17-9-3-4-11-19(17)21(2,20(15)26)12-6-8-16-7-5-10-18(14-16)22(23,24)25/h3-11,13-14H,12H2,1-2H3/b8-6+/t21-/m0/s1. The van der Waals surface area contributed by atoms with E-state index in [0.717, 1.165) is 23.3 Å². The quantitative estimate of drug-likeness (QED) is 0.654. The van der Waals surface area contributed by atoms with Gasteiger partial charge in [0.2, 0.25) is 0 Å². The number of Topliss-reactive ketones (excluding diaryl/α,β-unsaturated/α-hetero) is 1. The van der Waals surface area contributed by atoms with Gasteiger partial charge in [0.15, 0.2) is 5.78 Å². The summed E-state index contributed by atoms with van der Waals surface area (Å²) in [7, 11) is 0. The number of carbonyl (C=O) groups excluding carboxylic acids is 1. The minimum atomic E-state index is -4.37. The third-order valence-electron chi connectivity index (χ3n) is 4.84. The minimum absolute atomic E-state index is 0.0462. The molecule has 0 saturated carbocycles. The van der Waals surface area contributed by atoms with E-state index < -0.39 is 17.2 Å². The second-order valence-corrected chi connectivity index (χ2v) is 6.81. The topological polar surface area (TPSA) is 17.1 Å². The molecular formula is C22H19F3O. The molecule has 1 aliphatic rings. The lowest BCUT2D eigenvalue weighted by Crippen LogP contribution is -2.35. The van der Waals surface area contributed by atoms with E-state index in [0.29, 0.717) is 17.6 Å². The Labute approximate surface area is 150 Å². The fourth-order valence-corrected chi connectivity index (χ4v) is 3.43. The zero-order valence-electron chi connectivity index (χ0n) is 14.6. The lowest BCUT2D eigenvalue weighted by molar-refractivity contribution is -0.137. The van der Waals surface area contributed by atoms with Crippen LogP contribution in [0.15, 0.2) is 60.2 Å². The van der Waals surface area contributed by atoms with Crippen LogP contribution in [-0.4, -0.2) is 5.78 Å². The molecule has 0 saturated heterocycles. The highest BCUT2D eigenvalue weighted by Crippen LogP contribution is 2.39. The number of carbonyl (C=O) groups is 1. The van der Waals surface area contributed by atoms with Crippen LogP contribution in [0.2, 0.25) is 0 Å². The van der Waals surface area contributed by atoms with Gasteiger partial charge in [-0.15, -0.1) is 0 Å². The highest BCUT2D eigenvalue weighted by molar-refractivity contribution is 6.09. The number of ketones is 1. The van der Waals surface area contributed by atoms with E-state index >= 15 is 0 Å². The van der Waals surface area contributed by atoms with Crippen LogP contribution in [-0.2, 0) is 16.4 Å². The van der Waals surface area contributed by atoms with Gasteiger partial charge in [-0.3, -0.25) is 4.79 Å². The van der Waals surface area contributed by atoms with Gasteiger partial charge in [-0.2, -0.15) is 13.2 Å². The van der Waals surface area contributed by atoms with Crippen molar-refractivity contribution in [3.8, 4) is 0 Å². The number of halogens is 3. The molecule has 0 N–H and O–H groups in total. The normalized spacial score (nSPS) is 20.2. The number of fused-ring (bicyclic) bond motifs is 1. The third-order valence-corrected chi connectivity index (χ3v) is 4.84. The van der Waals surface area contributed by atoms with E-state index in [1.807, 2.05) is 37.3 Å². The summed E-state index contributed by atoms with van der Waals surface area (Å²) in [6, 6.07) is 12.9. The fraction of sp³-hybridized carbons (Fsp3) is 0.227. The van der Waals surface area contributed by atoms with Crippen LogP contribution in [0.4, 0.5) is 13.2 Å². The van der Waals surface area contributed by atoms with Crippen molar-refractivity contribution in [1.29, 1.82) is 0 Å². The summed E-state index contributed by atoms with van der Waals surface area (Å²) in [6.07, 6.45) is 1.36. The summed E-state index contributed by atoms with van der Waals surface area (Å²) in [4.78, 5) is 12.8. The van der Waals surface area contributed by atoms with Crippen LogP contribution in [0.1, 0.15) is 42.5 Å². The lowest BCUT2D eigenvalue weighted by Gasteiger charge is -2.33. The van der Waals surface area contributed by atoms with E-state index in [2.05, 4.69) is 0 Å². The monoisotopic (exact) mass is 356 g/mol. The number of allylic oxidation sites excluding steroid dienone is 2.